The third-order valence-electron chi connectivity index (χ3n) is 4.66. The van der Waals surface area contributed by atoms with Crippen molar-refractivity contribution in [3.05, 3.63) is 46.8 Å². The monoisotopic (exact) mass is 389 g/mol. The van der Waals surface area contributed by atoms with Crippen molar-refractivity contribution >= 4 is 23.2 Å². The molecule has 1 aromatic heterocycles. The van der Waals surface area contributed by atoms with Gasteiger partial charge in [0.1, 0.15) is 6.54 Å². The topological polar surface area (TPSA) is 65.7 Å². The van der Waals surface area contributed by atoms with Crippen LogP contribution >= 0.6 is 11.6 Å². The van der Waals surface area contributed by atoms with Crippen LogP contribution in [0.2, 0.25) is 5.02 Å². The van der Waals surface area contributed by atoms with Crippen LogP contribution in [-0.4, -0.2) is 36.8 Å². The summed E-state index contributed by atoms with van der Waals surface area (Å²) >= 11 is 6.38. The van der Waals surface area contributed by atoms with E-state index in [1.807, 2.05) is 24.3 Å². The Morgan fingerprint density at radius 2 is 2.22 bits per heavy atom. The largest absolute Gasteiger partial charge is 0.368 e. The highest BCUT2D eigenvalue weighted by molar-refractivity contribution is 6.33. The maximum atomic E-state index is 6.38. The van der Waals surface area contributed by atoms with E-state index in [4.69, 9.17) is 16.1 Å². The number of rotatable bonds is 6. The molecule has 2 N–H and O–H groups in total. The summed E-state index contributed by atoms with van der Waals surface area (Å²) < 4.78 is 5.33. The SMILES string of the molecule is CCNC(=NCc1cc(CC)no1)NC1CCCN(c2ccccc2Cl)C1. The quantitative estimate of drug-likeness (QED) is 0.583. The van der Waals surface area contributed by atoms with Crippen molar-refractivity contribution in [2.24, 2.45) is 4.99 Å². The van der Waals surface area contributed by atoms with Crippen molar-refractivity contribution in [1.29, 1.82) is 0 Å². The lowest BCUT2D eigenvalue weighted by Crippen LogP contribution is -2.51. The van der Waals surface area contributed by atoms with Crippen LogP contribution in [0.15, 0.2) is 39.8 Å². The fourth-order valence-corrected chi connectivity index (χ4v) is 3.54. The number of piperidine rings is 1. The first-order valence-electron chi connectivity index (χ1n) is 9.68. The van der Waals surface area contributed by atoms with Gasteiger partial charge in [0.2, 0.25) is 0 Å². The van der Waals surface area contributed by atoms with E-state index in [1.165, 1.54) is 0 Å². The Morgan fingerprint density at radius 3 is 2.96 bits per heavy atom. The third-order valence-corrected chi connectivity index (χ3v) is 4.98. The van der Waals surface area contributed by atoms with Crippen molar-refractivity contribution in [3.63, 3.8) is 0 Å². The highest BCUT2D eigenvalue weighted by Gasteiger charge is 2.22. The Bertz CT molecular complexity index is 760. The molecule has 27 heavy (non-hydrogen) atoms. The fraction of sp³-hybridized carbons (Fsp3) is 0.500. The summed E-state index contributed by atoms with van der Waals surface area (Å²) in [5.41, 5.74) is 2.06. The van der Waals surface area contributed by atoms with Gasteiger partial charge < -0.3 is 20.1 Å². The first kappa shape index (κ1) is 19.5. The van der Waals surface area contributed by atoms with Gasteiger partial charge >= 0.3 is 0 Å². The van der Waals surface area contributed by atoms with Gasteiger partial charge in [-0.3, -0.25) is 0 Å². The zero-order chi connectivity index (χ0) is 19.1. The molecule has 0 aliphatic carbocycles. The molecular formula is C20H28ClN5O. The van der Waals surface area contributed by atoms with Crippen molar-refractivity contribution in [2.75, 3.05) is 24.5 Å². The lowest BCUT2D eigenvalue weighted by Gasteiger charge is -2.35. The normalized spacial score (nSPS) is 17.8. The maximum Gasteiger partial charge on any atom is 0.191 e. The number of aryl methyl sites for hydroxylation is 1. The summed E-state index contributed by atoms with van der Waals surface area (Å²) in [6, 6.07) is 10.3. The zero-order valence-corrected chi connectivity index (χ0v) is 16.8. The van der Waals surface area contributed by atoms with Crippen molar-refractivity contribution in [1.82, 2.24) is 15.8 Å². The number of anilines is 1. The highest BCUT2D eigenvalue weighted by Crippen LogP contribution is 2.27. The minimum absolute atomic E-state index is 0.314. The van der Waals surface area contributed by atoms with Crippen LogP contribution in [0.25, 0.3) is 0 Å². The van der Waals surface area contributed by atoms with Crippen molar-refractivity contribution in [3.8, 4) is 0 Å². The van der Waals surface area contributed by atoms with Crippen LogP contribution in [0.1, 0.15) is 38.1 Å². The van der Waals surface area contributed by atoms with E-state index in [2.05, 4.69) is 45.6 Å². The lowest BCUT2D eigenvalue weighted by atomic mass is 10.0. The molecule has 1 aliphatic rings. The first-order valence-corrected chi connectivity index (χ1v) is 10.1. The molecule has 146 valence electrons. The lowest BCUT2D eigenvalue weighted by molar-refractivity contribution is 0.379. The first-order chi connectivity index (χ1) is 13.2. The number of nitrogens with zero attached hydrogens (tertiary/aromatic N) is 3. The average molecular weight is 390 g/mol. The molecule has 6 nitrogen and oxygen atoms in total. The van der Waals surface area contributed by atoms with Gasteiger partial charge in [-0.15, -0.1) is 0 Å². The van der Waals surface area contributed by atoms with E-state index in [0.29, 0.717) is 12.6 Å². The predicted octanol–water partition coefficient (Wildman–Crippen LogP) is 3.61. The Labute approximate surface area is 166 Å². The van der Waals surface area contributed by atoms with Crippen molar-refractivity contribution < 1.29 is 4.52 Å². The number of para-hydroxylation sites is 1. The van der Waals surface area contributed by atoms with Gasteiger partial charge in [0, 0.05) is 31.7 Å². The van der Waals surface area contributed by atoms with Gasteiger partial charge in [-0.1, -0.05) is 35.8 Å². The van der Waals surface area contributed by atoms with Gasteiger partial charge in [0.15, 0.2) is 11.7 Å². The number of aromatic nitrogens is 1. The third kappa shape index (κ3) is 5.39. The van der Waals surface area contributed by atoms with Gasteiger partial charge in [-0.25, -0.2) is 4.99 Å². The molecule has 1 unspecified atom stereocenters. The second kappa shape index (κ2) is 9.65. The number of aliphatic imine (C=N–C) groups is 1. The zero-order valence-electron chi connectivity index (χ0n) is 16.0. The summed E-state index contributed by atoms with van der Waals surface area (Å²) in [6.07, 6.45) is 3.09. The van der Waals surface area contributed by atoms with Crippen LogP contribution in [0.5, 0.6) is 0 Å². The molecule has 0 radical (unpaired) electrons. The van der Waals surface area contributed by atoms with E-state index in [1.54, 1.807) is 0 Å². The minimum atomic E-state index is 0.314. The summed E-state index contributed by atoms with van der Waals surface area (Å²) in [6.45, 7) is 7.33. The molecule has 0 saturated carbocycles. The number of benzene rings is 1. The number of nitrogens with one attached hydrogen (secondary N) is 2. The Morgan fingerprint density at radius 1 is 1.37 bits per heavy atom. The van der Waals surface area contributed by atoms with Crippen LogP contribution in [0.3, 0.4) is 0 Å². The highest BCUT2D eigenvalue weighted by atomic mass is 35.5. The molecule has 1 fully saturated rings. The molecule has 0 amide bonds. The Kier molecular flexibility index (Phi) is 6.98. The molecule has 1 aliphatic heterocycles. The summed E-state index contributed by atoms with van der Waals surface area (Å²) in [7, 11) is 0. The number of hydrogen-bond donors (Lipinski definition) is 2. The van der Waals surface area contributed by atoms with E-state index in [0.717, 1.165) is 67.0 Å². The van der Waals surface area contributed by atoms with E-state index >= 15 is 0 Å². The standard InChI is InChI=1S/C20H28ClN5O/c1-3-15-12-17(27-25-15)13-23-20(22-4-2)24-16-8-7-11-26(14-16)19-10-6-5-9-18(19)21/h5-6,9-10,12,16H,3-4,7-8,11,13-14H2,1-2H3,(H2,22,23,24). The molecule has 1 aromatic carbocycles. The van der Waals surface area contributed by atoms with Crippen LogP contribution < -0.4 is 15.5 Å². The van der Waals surface area contributed by atoms with Crippen LogP contribution in [0, 0.1) is 0 Å². The van der Waals surface area contributed by atoms with E-state index < -0.39 is 0 Å². The molecule has 7 heteroatoms. The number of guanidine groups is 1. The average Bonchev–Trinajstić information content (AvgIpc) is 3.15. The molecular weight excluding hydrogens is 362 g/mol. The molecule has 3 rings (SSSR count). The summed E-state index contributed by atoms with van der Waals surface area (Å²) in [5.74, 6) is 1.59. The van der Waals surface area contributed by atoms with E-state index in [9.17, 15) is 0 Å². The molecule has 1 atom stereocenters. The summed E-state index contributed by atoms with van der Waals surface area (Å²) in [4.78, 5) is 7.00. The Hall–Kier alpha value is -2.21. The molecule has 1 saturated heterocycles. The fourth-order valence-electron chi connectivity index (χ4n) is 3.29. The van der Waals surface area contributed by atoms with E-state index in [-0.39, 0.29) is 0 Å². The van der Waals surface area contributed by atoms with Crippen LogP contribution in [0.4, 0.5) is 5.69 Å². The van der Waals surface area contributed by atoms with Gasteiger partial charge in [0.05, 0.1) is 16.4 Å². The number of hydrogen-bond acceptors (Lipinski definition) is 4. The van der Waals surface area contributed by atoms with Crippen molar-refractivity contribution in [2.45, 2.75) is 45.7 Å². The maximum absolute atomic E-state index is 6.38. The molecule has 0 bridgehead atoms. The second-order valence-electron chi connectivity index (χ2n) is 6.71. The molecule has 2 aromatic rings. The van der Waals surface area contributed by atoms with Gasteiger partial charge in [-0.2, -0.15) is 0 Å². The molecule has 2 heterocycles. The smallest absolute Gasteiger partial charge is 0.191 e. The number of halogens is 1. The molecule has 0 spiro atoms. The van der Waals surface area contributed by atoms with Gasteiger partial charge in [0.25, 0.3) is 0 Å². The Balaban J connectivity index is 1.63. The minimum Gasteiger partial charge on any atom is -0.368 e. The van der Waals surface area contributed by atoms with Gasteiger partial charge in [-0.05, 0) is 38.3 Å². The predicted molar refractivity (Wildman–Crippen MR) is 111 cm³/mol. The summed E-state index contributed by atoms with van der Waals surface area (Å²) in [5, 5.41) is 11.7. The van der Waals surface area contributed by atoms with Crippen LogP contribution in [-0.2, 0) is 13.0 Å². The second-order valence-corrected chi connectivity index (χ2v) is 7.12.